The maximum absolute atomic E-state index is 13.5. The van der Waals surface area contributed by atoms with Crippen molar-refractivity contribution < 1.29 is 13.9 Å². The summed E-state index contributed by atoms with van der Waals surface area (Å²) in [4.78, 5) is 15.7. The van der Waals surface area contributed by atoms with Crippen molar-refractivity contribution in [2.45, 2.75) is 6.54 Å². The molecule has 104 valence electrons. The number of methoxy groups -OCH3 is 1. The Labute approximate surface area is 120 Å². The van der Waals surface area contributed by atoms with Gasteiger partial charge in [-0.25, -0.2) is 4.39 Å². The summed E-state index contributed by atoms with van der Waals surface area (Å²) < 4.78 is 18.3. The van der Waals surface area contributed by atoms with E-state index in [4.69, 9.17) is 16.3 Å². The van der Waals surface area contributed by atoms with Crippen LogP contribution in [-0.4, -0.2) is 18.0 Å². The molecule has 6 heteroatoms. The monoisotopic (exact) mass is 294 g/mol. The minimum Gasteiger partial charge on any atom is -0.494 e. The van der Waals surface area contributed by atoms with Gasteiger partial charge in [0, 0.05) is 18.9 Å². The van der Waals surface area contributed by atoms with Crippen molar-refractivity contribution in [3.8, 4) is 5.75 Å². The number of pyridine rings is 1. The summed E-state index contributed by atoms with van der Waals surface area (Å²) in [5.41, 5.74) is 0.903. The van der Waals surface area contributed by atoms with Crippen LogP contribution in [0.3, 0.4) is 0 Å². The molecule has 0 radical (unpaired) electrons. The van der Waals surface area contributed by atoms with Crippen LogP contribution in [0.5, 0.6) is 5.75 Å². The van der Waals surface area contributed by atoms with Gasteiger partial charge in [-0.1, -0.05) is 17.7 Å². The van der Waals surface area contributed by atoms with E-state index in [2.05, 4.69) is 10.3 Å². The molecule has 0 saturated carbocycles. The first kappa shape index (κ1) is 14.3. The van der Waals surface area contributed by atoms with Crippen LogP contribution < -0.4 is 10.1 Å². The molecule has 2 aromatic rings. The summed E-state index contributed by atoms with van der Waals surface area (Å²) in [7, 11) is 1.39. The normalized spacial score (nSPS) is 10.2. The molecule has 1 N–H and O–H groups in total. The fourth-order valence-corrected chi connectivity index (χ4v) is 1.83. The van der Waals surface area contributed by atoms with Gasteiger partial charge in [-0.15, -0.1) is 0 Å². The van der Waals surface area contributed by atoms with E-state index in [-0.39, 0.29) is 23.8 Å². The number of hydrogen-bond acceptors (Lipinski definition) is 3. The van der Waals surface area contributed by atoms with Crippen molar-refractivity contribution >= 4 is 17.5 Å². The Morgan fingerprint density at radius 2 is 2.25 bits per heavy atom. The zero-order valence-corrected chi connectivity index (χ0v) is 11.4. The Kier molecular flexibility index (Phi) is 4.53. The van der Waals surface area contributed by atoms with Crippen LogP contribution in [-0.2, 0) is 6.54 Å². The number of carbonyl (C=O) groups is 1. The number of nitrogens with zero attached hydrogens (tertiary/aromatic N) is 1. The van der Waals surface area contributed by atoms with Crippen molar-refractivity contribution in [1.29, 1.82) is 0 Å². The first-order valence-corrected chi connectivity index (χ1v) is 6.19. The first-order chi connectivity index (χ1) is 9.61. The Morgan fingerprint density at radius 3 is 2.90 bits per heavy atom. The lowest BCUT2D eigenvalue weighted by atomic mass is 10.2. The van der Waals surface area contributed by atoms with E-state index in [9.17, 15) is 9.18 Å². The molecule has 0 aliphatic rings. The Hall–Kier alpha value is -2.14. The lowest BCUT2D eigenvalue weighted by Crippen LogP contribution is -2.23. The number of halogens is 2. The molecule has 0 atom stereocenters. The van der Waals surface area contributed by atoms with Crippen molar-refractivity contribution in [3.63, 3.8) is 0 Å². The summed E-state index contributed by atoms with van der Waals surface area (Å²) in [6.45, 7) is 0.185. The van der Waals surface area contributed by atoms with Crippen molar-refractivity contribution in [3.05, 3.63) is 58.6 Å². The number of aromatic nitrogens is 1. The largest absolute Gasteiger partial charge is 0.494 e. The van der Waals surface area contributed by atoms with Crippen molar-refractivity contribution in [1.82, 2.24) is 10.3 Å². The molecule has 1 aromatic heterocycles. The second-order valence-electron chi connectivity index (χ2n) is 4.01. The van der Waals surface area contributed by atoms with Crippen LogP contribution in [0.25, 0.3) is 0 Å². The minimum absolute atomic E-state index is 0.162. The molecule has 0 bridgehead atoms. The van der Waals surface area contributed by atoms with E-state index < -0.39 is 5.82 Å². The van der Waals surface area contributed by atoms with E-state index >= 15 is 0 Å². The van der Waals surface area contributed by atoms with E-state index in [0.29, 0.717) is 10.6 Å². The highest BCUT2D eigenvalue weighted by Gasteiger charge is 2.10. The maximum Gasteiger partial charge on any atom is 0.254 e. The van der Waals surface area contributed by atoms with E-state index in [1.807, 2.05) is 0 Å². The third-order valence-electron chi connectivity index (χ3n) is 2.68. The molecule has 1 heterocycles. The van der Waals surface area contributed by atoms with Crippen LogP contribution >= 0.6 is 11.6 Å². The van der Waals surface area contributed by atoms with E-state index in [0.717, 1.165) is 0 Å². The summed E-state index contributed by atoms with van der Waals surface area (Å²) >= 11 is 5.89. The molecule has 0 aliphatic carbocycles. The molecule has 1 amide bonds. The molecule has 4 nitrogen and oxygen atoms in total. The summed E-state index contributed by atoms with van der Waals surface area (Å²) in [6.07, 6.45) is 2.88. The number of benzene rings is 1. The molecule has 20 heavy (non-hydrogen) atoms. The molecule has 1 aromatic carbocycles. The first-order valence-electron chi connectivity index (χ1n) is 5.82. The lowest BCUT2D eigenvalue weighted by molar-refractivity contribution is 0.0950. The minimum atomic E-state index is -0.473. The molecular weight excluding hydrogens is 283 g/mol. The topological polar surface area (TPSA) is 51.2 Å². The average Bonchev–Trinajstić information content (AvgIpc) is 2.45. The standard InChI is InChI=1S/C14H12ClFN2O2/c1-20-13-3-2-9(6-12(13)16)7-18-14(19)10-8-17-5-4-11(10)15/h2-6,8H,7H2,1H3,(H,18,19). The smallest absolute Gasteiger partial charge is 0.254 e. The Morgan fingerprint density at radius 1 is 1.45 bits per heavy atom. The van der Waals surface area contributed by atoms with Gasteiger partial charge in [0.15, 0.2) is 11.6 Å². The van der Waals surface area contributed by atoms with E-state index in [1.165, 1.54) is 37.7 Å². The van der Waals surface area contributed by atoms with Gasteiger partial charge in [-0.2, -0.15) is 0 Å². The second-order valence-corrected chi connectivity index (χ2v) is 4.41. The predicted molar refractivity (Wildman–Crippen MR) is 73.4 cm³/mol. The second kappa shape index (κ2) is 6.34. The molecule has 2 rings (SSSR count). The van der Waals surface area contributed by atoms with Gasteiger partial charge in [-0.3, -0.25) is 9.78 Å². The van der Waals surface area contributed by atoms with Gasteiger partial charge in [-0.05, 0) is 23.8 Å². The predicted octanol–water partition coefficient (Wildman–Crippen LogP) is 2.81. The fraction of sp³-hybridized carbons (Fsp3) is 0.143. The van der Waals surface area contributed by atoms with E-state index in [1.54, 1.807) is 6.07 Å². The van der Waals surface area contributed by atoms with Crippen molar-refractivity contribution in [2.75, 3.05) is 7.11 Å². The number of carbonyl (C=O) groups excluding carboxylic acids is 1. The van der Waals surface area contributed by atoms with Crippen LogP contribution in [0.4, 0.5) is 4.39 Å². The van der Waals surface area contributed by atoms with Crippen LogP contribution in [0.15, 0.2) is 36.7 Å². The molecular formula is C14H12ClFN2O2. The van der Waals surface area contributed by atoms with Gasteiger partial charge >= 0.3 is 0 Å². The highest BCUT2D eigenvalue weighted by Crippen LogP contribution is 2.18. The zero-order valence-electron chi connectivity index (χ0n) is 10.7. The van der Waals surface area contributed by atoms with Crippen LogP contribution in [0.1, 0.15) is 15.9 Å². The Balaban J connectivity index is 2.04. The fourth-order valence-electron chi connectivity index (χ4n) is 1.64. The molecule has 0 fully saturated rings. The number of hydrogen-bond donors (Lipinski definition) is 1. The number of rotatable bonds is 4. The molecule has 0 spiro atoms. The summed E-state index contributed by atoms with van der Waals surface area (Å²) in [6, 6.07) is 6.02. The zero-order chi connectivity index (χ0) is 14.5. The average molecular weight is 295 g/mol. The number of nitrogens with one attached hydrogen (secondary N) is 1. The highest BCUT2D eigenvalue weighted by atomic mass is 35.5. The molecule has 0 unspecified atom stereocenters. The third kappa shape index (κ3) is 3.24. The van der Waals surface area contributed by atoms with Gasteiger partial charge < -0.3 is 10.1 Å². The van der Waals surface area contributed by atoms with Crippen LogP contribution in [0.2, 0.25) is 5.02 Å². The van der Waals surface area contributed by atoms with Gasteiger partial charge in [0.05, 0.1) is 17.7 Å². The third-order valence-corrected chi connectivity index (χ3v) is 3.01. The summed E-state index contributed by atoms with van der Waals surface area (Å²) in [5.74, 6) is -0.673. The Bertz CT molecular complexity index is 634. The van der Waals surface area contributed by atoms with Crippen molar-refractivity contribution in [2.24, 2.45) is 0 Å². The lowest BCUT2D eigenvalue weighted by Gasteiger charge is -2.08. The van der Waals surface area contributed by atoms with Gasteiger partial charge in [0.2, 0.25) is 0 Å². The van der Waals surface area contributed by atoms with Gasteiger partial charge in [0.25, 0.3) is 5.91 Å². The highest BCUT2D eigenvalue weighted by molar-refractivity contribution is 6.33. The summed E-state index contributed by atoms with van der Waals surface area (Å²) in [5, 5.41) is 2.97. The SMILES string of the molecule is COc1ccc(CNC(=O)c2cnccc2Cl)cc1F. The molecule has 0 aliphatic heterocycles. The van der Waals surface area contributed by atoms with Gasteiger partial charge in [0.1, 0.15) is 0 Å². The quantitative estimate of drug-likeness (QED) is 0.943. The maximum atomic E-state index is 13.5. The number of amides is 1. The number of ether oxygens (including phenoxy) is 1. The van der Waals surface area contributed by atoms with Crippen LogP contribution in [0, 0.1) is 5.82 Å². The molecule has 0 saturated heterocycles.